The molecule has 0 bridgehead atoms. The Bertz CT molecular complexity index is 1130. The topological polar surface area (TPSA) is 69.6 Å². The first-order chi connectivity index (χ1) is 16.4. The molecule has 0 radical (unpaired) electrons. The molecule has 0 atom stereocenters. The summed E-state index contributed by atoms with van der Waals surface area (Å²) in [6, 6.07) is 16.5. The van der Waals surface area contributed by atoms with E-state index in [1.807, 2.05) is 19.1 Å². The van der Waals surface area contributed by atoms with Crippen LogP contribution < -0.4 is 4.90 Å². The number of anilines is 1. The molecule has 9 heteroatoms. The molecule has 2 aromatic carbocycles. The van der Waals surface area contributed by atoms with Crippen molar-refractivity contribution in [2.45, 2.75) is 6.92 Å². The predicted molar refractivity (Wildman–Crippen MR) is 129 cm³/mol. The average molecular weight is 482 g/mol. The van der Waals surface area contributed by atoms with Gasteiger partial charge < -0.3 is 14.7 Å². The minimum Gasteiger partial charge on any atom is -0.352 e. The van der Waals surface area contributed by atoms with Gasteiger partial charge in [0, 0.05) is 48.9 Å². The summed E-state index contributed by atoms with van der Waals surface area (Å²) in [5.74, 6) is 0.160. The number of rotatable bonds is 6. The molecule has 0 spiro atoms. The fourth-order valence-corrected chi connectivity index (χ4v) is 3.94. The van der Waals surface area contributed by atoms with E-state index in [0.29, 0.717) is 49.0 Å². The molecular formula is C25H25ClFN5O2. The van der Waals surface area contributed by atoms with Gasteiger partial charge in [-0.05, 0) is 67.6 Å². The molecule has 0 unspecified atom stereocenters. The van der Waals surface area contributed by atoms with Crippen LogP contribution >= 0.6 is 11.6 Å². The number of amides is 2. The average Bonchev–Trinajstić information content (AvgIpc) is 2.88. The second-order valence-electron chi connectivity index (χ2n) is 7.98. The molecule has 1 aliphatic rings. The van der Waals surface area contributed by atoms with Crippen molar-refractivity contribution in [2.75, 3.05) is 44.2 Å². The van der Waals surface area contributed by atoms with E-state index in [1.54, 1.807) is 41.3 Å². The van der Waals surface area contributed by atoms with E-state index in [0.717, 1.165) is 11.4 Å². The Morgan fingerprint density at radius 1 is 0.941 bits per heavy atom. The molecule has 0 aliphatic carbocycles. The van der Waals surface area contributed by atoms with E-state index in [2.05, 4.69) is 15.1 Å². The molecule has 176 valence electrons. The zero-order valence-corrected chi connectivity index (χ0v) is 19.6. The van der Waals surface area contributed by atoms with E-state index >= 15 is 0 Å². The Labute approximate surface area is 202 Å². The highest BCUT2D eigenvalue weighted by Crippen LogP contribution is 2.20. The van der Waals surface area contributed by atoms with E-state index in [4.69, 9.17) is 11.6 Å². The van der Waals surface area contributed by atoms with Crippen molar-refractivity contribution >= 4 is 29.2 Å². The van der Waals surface area contributed by atoms with Gasteiger partial charge in [0.15, 0.2) is 5.82 Å². The van der Waals surface area contributed by atoms with Crippen LogP contribution in [-0.2, 0) is 4.79 Å². The molecule has 2 heterocycles. The number of nitrogens with zero attached hydrogens (tertiary/aromatic N) is 5. The normalized spacial score (nSPS) is 13.6. The molecule has 4 rings (SSSR count). The van der Waals surface area contributed by atoms with Gasteiger partial charge in [-0.25, -0.2) is 4.39 Å². The Morgan fingerprint density at radius 2 is 1.62 bits per heavy atom. The van der Waals surface area contributed by atoms with Crippen LogP contribution in [0.2, 0.25) is 5.02 Å². The standard InChI is InChI=1S/C25H25ClFN5O2/c1-2-30(25(34)19-3-7-20(26)8-4-19)17-24(33)32-15-13-31(14-16-32)23-12-11-22(28-29-23)18-5-9-21(27)10-6-18/h3-12H,2,13-17H2,1H3. The van der Waals surface area contributed by atoms with Crippen molar-refractivity contribution in [3.05, 3.63) is 77.1 Å². The zero-order chi connectivity index (χ0) is 24.1. The number of carbonyl (C=O) groups excluding carboxylic acids is 2. The summed E-state index contributed by atoms with van der Waals surface area (Å²) in [5, 5.41) is 9.14. The highest BCUT2D eigenvalue weighted by Gasteiger charge is 2.25. The summed E-state index contributed by atoms with van der Waals surface area (Å²) < 4.78 is 13.1. The van der Waals surface area contributed by atoms with Gasteiger partial charge in [0.1, 0.15) is 12.4 Å². The quantitative estimate of drug-likeness (QED) is 0.536. The van der Waals surface area contributed by atoms with Gasteiger partial charge in [0.2, 0.25) is 5.91 Å². The van der Waals surface area contributed by atoms with Gasteiger partial charge in [0.05, 0.1) is 5.69 Å². The fourth-order valence-electron chi connectivity index (χ4n) is 3.82. The Hall–Kier alpha value is -3.52. The molecule has 0 saturated carbocycles. The summed E-state index contributed by atoms with van der Waals surface area (Å²) in [5.41, 5.74) is 1.97. The number of benzene rings is 2. The van der Waals surface area contributed by atoms with Crippen molar-refractivity contribution < 1.29 is 14.0 Å². The maximum absolute atomic E-state index is 13.1. The first-order valence-electron chi connectivity index (χ1n) is 11.1. The number of likely N-dealkylation sites (N-methyl/N-ethyl adjacent to an activating group) is 1. The smallest absolute Gasteiger partial charge is 0.254 e. The van der Waals surface area contributed by atoms with Crippen molar-refractivity contribution in [2.24, 2.45) is 0 Å². The van der Waals surface area contributed by atoms with E-state index in [9.17, 15) is 14.0 Å². The van der Waals surface area contributed by atoms with E-state index in [1.165, 1.54) is 17.0 Å². The zero-order valence-electron chi connectivity index (χ0n) is 18.8. The third-order valence-corrected chi connectivity index (χ3v) is 6.09. The molecule has 7 nitrogen and oxygen atoms in total. The maximum atomic E-state index is 13.1. The summed E-state index contributed by atoms with van der Waals surface area (Å²) >= 11 is 5.90. The van der Waals surface area contributed by atoms with Crippen LogP contribution in [0.15, 0.2) is 60.7 Å². The lowest BCUT2D eigenvalue weighted by Crippen LogP contribution is -2.52. The third kappa shape index (κ3) is 5.51. The molecule has 1 aliphatic heterocycles. The third-order valence-electron chi connectivity index (χ3n) is 5.83. The Balaban J connectivity index is 1.32. The number of hydrogen-bond acceptors (Lipinski definition) is 5. The molecule has 0 N–H and O–H groups in total. The molecular weight excluding hydrogens is 457 g/mol. The van der Waals surface area contributed by atoms with Gasteiger partial charge in [-0.1, -0.05) is 11.6 Å². The Kier molecular flexibility index (Phi) is 7.37. The van der Waals surface area contributed by atoms with E-state index < -0.39 is 0 Å². The van der Waals surface area contributed by atoms with Gasteiger partial charge in [-0.15, -0.1) is 10.2 Å². The summed E-state index contributed by atoms with van der Waals surface area (Å²) in [6.45, 7) is 4.63. The summed E-state index contributed by atoms with van der Waals surface area (Å²) in [7, 11) is 0. The minimum atomic E-state index is -0.294. The van der Waals surface area contributed by atoms with Gasteiger partial charge in [-0.3, -0.25) is 9.59 Å². The van der Waals surface area contributed by atoms with Crippen LogP contribution in [-0.4, -0.2) is 71.1 Å². The minimum absolute atomic E-state index is 0.0319. The lowest BCUT2D eigenvalue weighted by molar-refractivity contribution is -0.132. The highest BCUT2D eigenvalue weighted by molar-refractivity contribution is 6.30. The molecule has 1 aromatic heterocycles. The number of halogens is 2. The SMILES string of the molecule is CCN(CC(=O)N1CCN(c2ccc(-c3ccc(F)cc3)nn2)CC1)C(=O)c1ccc(Cl)cc1. The number of aromatic nitrogens is 2. The van der Waals surface area contributed by atoms with Crippen LogP contribution in [0.4, 0.5) is 10.2 Å². The van der Waals surface area contributed by atoms with E-state index in [-0.39, 0.29) is 24.2 Å². The number of carbonyl (C=O) groups is 2. The molecule has 1 fully saturated rings. The van der Waals surface area contributed by atoms with Crippen LogP contribution in [0.1, 0.15) is 17.3 Å². The highest BCUT2D eigenvalue weighted by atomic mass is 35.5. The maximum Gasteiger partial charge on any atom is 0.254 e. The predicted octanol–water partition coefficient (Wildman–Crippen LogP) is 3.75. The van der Waals surface area contributed by atoms with Crippen molar-refractivity contribution in [3.63, 3.8) is 0 Å². The lowest BCUT2D eigenvalue weighted by Gasteiger charge is -2.36. The monoisotopic (exact) mass is 481 g/mol. The fraction of sp³-hybridized carbons (Fsp3) is 0.280. The lowest BCUT2D eigenvalue weighted by atomic mass is 10.1. The second kappa shape index (κ2) is 10.6. The van der Waals surface area contributed by atoms with Crippen LogP contribution in [0.3, 0.4) is 0 Å². The summed E-state index contributed by atoms with van der Waals surface area (Å²) in [4.78, 5) is 31.0. The molecule has 34 heavy (non-hydrogen) atoms. The van der Waals surface area contributed by atoms with Crippen molar-refractivity contribution in [1.29, 1.82) is 0 Å². The van der Waals surface area contributed by atoms with Crippen LogP contribution in [0.5, 0.6) is 0 Å². The molecule has 2 amide bonds. The molecule has 3 aromatic rings. The first kappa shape index (κ1) is 23.6. The van der Waals surface area contributed by atoms with Gasteiger partial charge >= 0.3 is 0 Å². The van der Waals surface area contributed by atoms with Crippen LogP contribution in [0.25, 0.3) is 11.3 Å². The van der Waals surface area contributed by atoms with Crippen molar-refractivity contribution in [1.82, 2.24) is 20.0 Å². The molecule has 1 saturated heterocycles. The van der Waals surface area contributed by atoms with Crippen molar-refractivity contribution in [3.8, 4) is 11.3 Å². The number of piperazine rings is 1. The van der Waals surface area contributed by atoms with Crippen LogP contribution in [0, 0.1) is 5.82 Å². The largest absolute Gasteiger partial charge is 0.352 e. The summed E-state index contributed by atoms with van der Waals surface area (Å²) in [6.07, 6.45) is 0. The van der Waals surface area contributed by atoms with Gasteiger partial charge in [0.25, 0.3) is 5.91 Å². The second-order valence-corrected chi connectivity index (χ2v) is 8.41. The first-order valence-corrected chi connectivity index (χ1v) is 11.5. The van der Waals surface area contributed by atoms with Gasteiger partial charge in [-0.2, -0.15) is 0 Å². The Morgan fingerprint density at radius 3 is 2.21 bits per heavy atom. The number of hydrogen-bond donors (Lipinski definition) is 0.